The summed E-state index contributed by atoms with van der Waals surface area (Å²) in [7, 11) is 1.58. The van der Waals surface area contributed by atoms with Crippen molar-refractivity contribution < 1.29 is 9.53 Å². The van der Waals surface area contributed by atoms with E-state index in [1.54, 1.807) is 25.3 Å². The molecule has 1 saturated heterocycles. The molecule has 1 aliphatic rings. The van der Waals surface area contributed by atoms with E-state index in [9.17, 15) is 4.79 Å². The molecule has 0 aromatic heterocycles. The highest BCUT2D eigenvalue weighted by Crippen LogP contribution is 2.28. The number of benzene rings is 1. The van der Waals surface area contributed by atoms with E-state index >= 15 is 0 Å². The van der Waals surface area contributed by atoms with Crippen LogP contribution < -0.4 is 4.74 Å². The first-order valence-corrected chi connectivity index (χ1v) is 6.89. The van der Waals surface area contributed by atoms with Gasteiger partial charge in [-0.2, -0.15) is 0 Å². The van der Waals surface area contributed by atoms with Crippen LogP contribution in [0.1, 0.15) is 24.8 Å². The molecule has 0 unspecified atom stereocenters. The first-order chi connectivity index (χ1) is 9.22. The monoisotopic (exact) mass is 279 g/mol. The van der Waals surface area contributed by atoms with Crippen molar-refractivity contribution in [3.05, 3.63) is 34.9 Å². The van der Waals surface area contributed by atoms with Gasteiger partial charge in [0.2, 0.25) is 5.91 Å². The Labute approximate surface area is 118 Å². The van der Waals surface area contributed by atoms with E-state index in [1.807, 2.05) is 17.0 Å². The van der Waals surface area contributed by atoms with Gasteiger partial charge >= 0.3 is 0 Å². The van der Waals surface area contributed by atoms with Crippen LogP contribution in [0.4, 0.5) is 0 Å². The zero-order chi connectivity index (χ0) is 13.7. The largest absolute Gasteiger partial charge is 0.495 e. The van der Waals surface area contributed by atoms with Gasteiger partial charge < -0.3 is 9.64 Å². The van der Waals surface area contributed by atoms with Gasteiger partial charge in [0.25, 0.3) is 0 Å². The Morgan fingerprint density at radius 2 is 2.05 bits per heavy atom. The number of carbonyl (C=O) groups excluding carboxylic acids is 1. The average Bonchev–Trinajstić information content (AvgIpc) is 2.47. The van der Waals surface area contributed by atoms with Gasteiger partial charge in [-0.25, -0.2) is 0 Å². The molecular weight excluding hydrogens is 262 g/mol. The minimum atomic E-state index is 0.0542. The highest BCUT2D eigenvalue weighted by Gasteiger charge is 2.13. The molecule has 0 aliphatic carbocycles. The van der Waals surface area contributed by atoms with Crippen molar-refractivity contribution in [2.45, 2.75) is 19.3 Å². The molecule has 1 amide bonds. The maximum atomic E-state index is 12.0. The van der Waals surface area contributed by atoms with Gasteiger partial charge in [0, 0.05) is 19.2 Å². The first-order valence-electron chi connectivity index (χ1n) is 6.52. The minimum absolute atomic E-state index is 0.0542. The molecule has 4 heteroatoms. The molecule has 102 valence electrons. The lowest BCUT2D eigenvalue weighted by Crippen LogP contribution is -2.34. The van der Waals surface area contributed by atoms with Crippen molar-refractivity contribution in [2.75, 3.05) is 20.2 Å². The fourth-order valence-electron chi connectivity index (χ4n) is 2.19. The Balaban J connectivity index is 2.07. The zero-order valence-corrected chi connectivity index (χ0v) is 11.8. The molecule has 1 fully saturated rings. The summed E-state index contributed by atoms with van der Waals surface area (Å²) in [6.45, 7) is 1.71. The fourth-order valence-corrected chi connectivity index (χ4v) is 2.46. The lowest BCUT2D eigenvalue weighted by Gasteiger charge is -2.25. The summed E-state index contributed by atoms with van der Waals surface area (Å²) in [6.07, 6.45) is 6.75. The number of hydrogen-bond acceptors (Lipinski definition) is 2. The van der Waals surface area contributed by atoms with Crippen LogP contribution in [0.3, 0.4) is 0 Å². The number of halogens is 1. The summed E-state index contributed by atoms with van der Waals surface area (Å²) in [4.78, 5) is 13.9. The minimum Gasteiger partial charge on any atom is -0.495 e. The Hall–Kier alpha value is -1.48. The van der Waals surface area contributed by atoms with Crippen LogP contribution in [-0.2, 0) is 4.79 Å². The molecule has 0 spiro atoms. The molecule has 1 heterocycles. The van der Waals surface area contributed by atoms with Gasteiger partial charge in [-0.3, -0.25) is 4.79 Å². The normalized spacial score (nSPS) is 15.8. The molecule has 0 saturated carbocycles. The number of carbonyl (C=O) groups is 1. The van der Waals surface area contributed by atoms with Crippen molar-refractivity contribution in [3.63, 3.8) is 0 Å². The molecule has 2 rings (SSSR count). The maximum Gasteiger partial charge on any atom is 0.246 e. The summed E-state index contributed by atoms with van der Waals surface area (Å²) in [5.74, 6) is 0.674. The zero-order valence-electron chi connectivity index (χ0n) is 11.1. The predicted molar refractivity (Wildman–Crippen MR) is 77.5 cm³/mol. The molecule has 3 nitrogen and oxygen atoms in total. The van der Waals surface area contributed by atoms with Crippen molar-refractivity contribution in [1.82, 2.24) is 4.90 Å². The second-order valence-electron chi connectivity index (χ2n) is 4.58. The number of likely N-dealkylation sites (tertiary alicyclic amines) is 1. The van der Waals surface area contributed by atoms with Crippen LogP contribution in [-0.4, -0.2) is 31.0 Å². The summed E-state index contributed by atoms with van der Waals surface area (Å²) >= 11 is 6.18. The number of ether oxygens (including phenoxy) is 1. The number of nitrogens with zero attached hydrogens (tertiary/aromatic N) is 1. The summed E-state index contributed by atoms with van der Waals surface area (Å²) in [6, 6.07) is 5.52. The molecule has 1 aromatic rings. The topological polar surface area (TPSA) is 29.5 Å². The summed E-state index contributed by atoms with van der Waals surface area (Å²) < 4.78 is 5.15. The number of piperidine rings is 1. The molecule has 19 heavy (non-hydrogen) atoms. The molecule has 1 aromatic carbocycles. The second-order valence-corrected chi connectivity index (χ2v) is 4.96. The van der Waals surface area contributed by atoms with Gasteiger partial charge in [0.15, 0.2) is 0 Å². The molecule has 0 atom stereocenters. The fraction of sp³-hybridized carbons (Fsp3) is 0.400. The Morgan fingerprint density at radius 1 is 1.32 bits per heavy atom. The van der Waals surface area contributed by atoms with Crippen LogP contribution >= 0.6 is 11.6 Å². The van der Waals surface area contributed by atoms with Crippen LogP contribution in [0, 0.1) is 0 Å². The summed E-state index contributed by atoms with van der Waals surface area (Å²) in [5, 5.41) is 0.535. The van der Waals surface area contributed by atoms with E-state index < -0.39 is 0 Å². The lowest BCUT2D eigenvalue weighted by molar-refractivity contribution is -0.126. The van der Waals surface area contributed by atoms with E-state index in [0.29, 0.717) is 10.8 Å². The third kappa shape index (κ3) is 3.51. The van der Waals surface area contributed by atoms with E-state index in [1.165, 1.54) is 6.42 Å². The van der Waals surface area contributed by atoms with E-state index in [2.05, 4.69) is 0 Å². The van der Waals surface area contributed by atoms with E-state index in [0.717, 1.165) is 31.5 Å². The molecule has 1 aliphatic heterocycles. The Bertz CT molecular complexity index is 479. The van der Waals surface area contributed by atoms with Gasteiger partial charge in [0.1, 0.15) is 5.75 Å². The van der Waals surface area contributed by atoms with E-state index in [-0.39, 0.29) is 5.91 Å². The van der Waals surface area contributed by atoms with Crippen LogP contribution in [0.15, 0.2) is 24.3 Å². The second kappa shape index (κ2) is 6.62. The van der Waals surface area contributed by atoms with Gasteiger partial charge in [-0.1, -0.05) is 23.7 Å². The van der Waals surface area contributed by atoms with Crippen LogP contribution in [0.2, 0.25) is 5.02 Å². The van der Waals surface area contributed by atoms with Gasteiger partial charge in [-0.05, 0) is 37.0 Å². The van der Waals surface area contributed by atoms with E-state index in [4.69, 9.17) is 16.3 Å². The van der Waals surface area contributed by atoms with Crippen LogP contribution in [0.25, 0.3) is 6.08 Å². The Morgan fingerprint density at radius 3 is 2.74 bits per heavy atom. The quantitative estimate of drug-likeness (QED) is 0.794. The standard InChI is InChI=1S/C15H18ClNO2/c1-19-13-7-5-6-12(15(13)16)8-9-14(18)17-10-3-2-4-11-17/h5-9H,2-4,10-11H2,1H3/b9-8+. The molecule has 0 N–H and O–H groups in total. The predicted octanol–water partition coefficient (Wildman–Crippen LogP) is 3.37. The van der Waals surface area contributed by atoms with Crippen LogP contribution in [0.5, 0.6) is 5.75 Å². The van der Waals surface area contributed by atoms with Crippen molar-refractivity contribution >= 4 is 23.6 Å². The van der Waals surface area contributed by atoms with Crippen molar-refractivity contribution in [3.8, 4) is 5.75 Å². The van der Waals surface area contributed by atoms with Crippen molar-refractivity contribution in [1.29, 1.82) is 0 Å². The average molecular weight is 280 g/mol. The number of rotatable bonds is 3. The number of methoxy groups -OCH3 is 1. The third-order valence-corrected chi connectivity index (χ3v) is 3.69. The SMILES string of the molecule is COc1cccc(/C=C/C(=O)N2CCCCC2)c1Cl. The molecule has 0 bridgehead atoms. The Kier molecular flexibility index (Phi) is 4.86. The molecule has 0 radical (unpaired) electrons. The summed E-state index contributed by atoms with van der Waals surface area (Å²) in [5.41, 5.74) is 0.798. The van der Waals surface area contributed by atoms with Crippen molar-refractivity contribution in [2.24, 2.45) is 0 Å². The number of hydrogen-bond donors (Lipinski definition) is 0. The number of amides is 1. The third-order valence-electron chi connectivity index (χ3n) is 3.29. The molecular formula is C15H18ClNO2. The highest BCUT2D eigenvalue weighted by molar-refractivity contribution is 6.33. The van der Waals surface area contributed by atoms with Gasteiger partial charge in [0.05, 0.1) is 12.1 Å². The lowest BCUT2D eigenvalue weighted by atomic mass is 10.1. The van der Waals surface area contributed by atoms with Gasteiger partial charge in [-0.15, -0.1) is 0 Å². The first kappa shape index (κ1) is 13.9. The maximum absolute atomic E-state index is 12.0. The highest BCUT2D eigenvalue weighted by atomic mass is 35.5. The smallest absolute Gasteiger partial charge is 0.246 e.